The zero-order valence-electron chi connectivity index (χ0n) is 12.6. The van der Waals surface area contributed by atoms with Gasteiger partial charge in [-0.15, -0.1) is 0 Å². The van der Waals surface area contributed by atoms with Crippen LogP contribution < -0.4 is 5.32 Å². The molecular formula is C14H26N4O2. The van der Waals surface area contributed by atoms with Crippen LogP contribution in [-0.4, -0.2) is 86.4 Å². The summed E-state index contributed by atoms with van der Waals surface area (Å²) in [6, 6.07) is 0. The second-order valence-corrected chi connectivity index (χ2v) is 6.01. The Morgan fingerprint density at radius 3 is 2.55 bits per heavy atom. The third kappa shape index (κ3) is 4.18. The number of carbonyl (C=O) groups is 2. The van der Waals surface area contributed by atoms with Crippen LogP contribution in [0.25, 0.3) is 0 Å². The molecular weight excluding hydrogens is 256 g/mol. The third-order valence-electron chi connectivity index (χ3n) is 4.16. The number of piperidine rings is 1. The lowest BCUT2D eigenvalue weighted by molar-refractivity contribution is -0.139. The minimum absolute atomic E-state index is 0.0129. The van der Waals surface area contributed by atoms with Crippen LogP contribution in [0.2, 0.25) is 0 Å². The Balaban J connectivity index is 1.73. The van der Waals surface area contributed by atoms with Gasteiger partial charge in [0.15, 0.2) is 0 Å². The van der Waals surface area contributed by atoms with Crippen molar-refractivity contribution in [2.45, 2.75) is 12.8 Å². The molecule has 2 aliphatic heterocycles. The van der Waals surface area contributed by atoms with Crippen molar-refractivity contribution in [2.75, 3.05) is 59.9 Å². The normalized spacial score (nSPS) is 24.9. The van der Waals surface area contributed by atoms with Crippen LogP contribution in [0.4, 0.5) is 0 Å². The smallest absolute Gasteiger partial charge is 0.227 e. The van der Waals surface area contributed by atoms with Gasteiger partial charge >= 0.3 is 0 Å². The maximum Gasteiger partial charge on any atom is 0.227 e. The molecule has 114 valence electrons. The van der Waals surface area contributed by atoms with Gasteiger partial charge in [0.1, 0.15) is 0 Å². The first-order valence-corrected chi connectivity index (χ1v) is 7.49. The van der Waals surface area contributed by atoms with Crippen LogP contribution >= 0.6 is 0 Å². The third-order valence-corrected chi connectivity index (χ3v) is 4.16. The lowest BCUT2D eigenvalue weighted by Gasteiger charge is -2.37. The van der Waals surface area contributed by atoms with Crippen molar-refractivity contribution < 1.29 is 9.59 Å². The molecule has 1 atom stereocenters. The number of hydrogen-bond donors (Lipinski definition) is 1. The predicted molar refractivity (Wildman–Crippen MR) is 77.3 cm³/mol. The van der Waals surface area contributed by atoms with E-state index in [0.29, 0.717) is 19.4 Å². The molecule has 2 amide bonds. The number of nitrogens with zero attached hydrogens (tertiary/aromatic N) is 3. The Morgan fingerprint density at radius 1 is 1.30 bits per heavy atom. The van der Waals surface area contributed by atoms with Gasteiger partial charge in [-0.2, -0.15) is 0 Å². The van der Waals surface area contributed by atoms with Crippen LogP contribution in [0, 0.1) is 5.92 Å². The first-order chi connectivity index (χ1) is 9.56. The Morgan fingerprint density at radius 2 is 2.00 bits per heavy atom. The molecule has 2 fully saturated rings. The fourth-order valence-electron chi connectivity index (χ4n) is 2.74. The van der Waals surface area contributed by atoms with Gasteiger partial charge < -0.3 is 15.1 Å². The highest BCUT2D eigenvalue weighted by atomic mass is 16.2. The maximum atomic E-state index is 12.4. The number of nitrogens with one attached hydrogen (secondary N) is 1. The van der Waals surface area contributed by atoms with E-state index in [9.17, 15) is 9.59 Å². The number of carbonyl (C=O) groups excluding carboxylic acids is 2. The molecule has 20 heavy (non-hydrogen) atoms. The molecule has 0 spiro atoms. The van der Waals surface area contributed by atoms with Crippen molar-refractivity contribution in [2.24, 2.45) is 5.92 Å². The summed E-state index contributed by atoms with van der Waals surface area (Å²) < 4.78 is 0. The van der Waals surface area contributed by atoms with Crippen molar-refractivity contribution >= 4 is 11.8 Å². The van der Waals surface area contributed by atoms with Gasteiger partial charge in [0, 0.05) is 52.2 Å². The topological polar surface area (TPSA) is 55.9 Å². The van der Waals surface area contributed by atoms with Crippen LogP contribution in [0.3, 0.4) is 0 Å². The first-order valence-electron chi connectivity index (χ1n) is 7.49. The van der Waals surface area contributed by atoms with Crippen LogP contribution in [0.1, 0.15) is 12.8 Å². The van der Waals surface area contributed by atoms with E-state index in [1.54, 1.807) is 0 Å². The van der Waals surface area contributed by atoms with E-state index in [4.69, 9.17) is 0 Å². The fraction of sp³-hybridized carbons (Fsp3) is 0.857. The zero-order valence-corrected chi connectivity index (χ0v) is 12.6. The number of hydrogen-bond acceptors (Lipinski definition) is 4. The highest BCUT2D eigenvalue weighted by molar-refractivity contribution is 5.83. The summed E-state index contributed by atoms with van der Waals surface area (Å²) in [5.74, 6) is 0.279. The Hall–Kier alpha value is -1.14. The first kappa shape index (κ1) is 15.3. The zero-order chi connectivity index (χ0) is 14.5. The Bertz CT molecular complexity index is 341. The summed E-state index contributed by atoms with van der Waals surface area (Å²) in [5, 5.41) is 2.79. The number of piperazine rings is 1. The van der Waals surface area contributed by atoms with Crippen molar-refractivity contribution in [1.29, 1.82) is 0 Å². The molecule has 0 bridgehead atoms. The molecule has 6 heteroatoms. The van der Waals surface area contributed by atoms with E-state index in [-0.39, 0.29) is 17.7 Å². The van der Waals surface area contributed by atoms with Gasteiger partial charge in [0.05, 0.1) is 5.92 Å². The summed E-state index contributed by atoms with van der Waals surface area (Å²) >= 11 is 0. The molecule has 2 saturated heterocycles. The minimum atomic E-state index is -0.0129. The number of rotatable bonds is 4. The van der Waals surface area contributed by atoms with Gasteiger partial charge in [-0.05, 0) is 20.5 Å². The van der Waals surface area contributed by atoms with E-state index >= 15 is 0 Å². The summed E-state index contributed by atoms with van der Waals surface area (Å²) in [4.78, 5) is 30.1. The molecule has 2 rings (SSSR count). The van der Waals surface area contributed by atoms with Gasteiger partial charge in [-0.25, -0.2) is 0 Å². The monoisotopic (exact) mass is 282 g/mol. The molecule has 0 aromatic heterocycles. The lowest BCUT2D eigenvalue weighted by atomic mass is 9.97. The summed E-state index contributed by atoms with van der Waals surface area (Å²) in [6.45, 7) is 6.18. The lowest BCUT2D eigenvalue weighted by Crippen LogP contribution is -2.53. The van der Waals surface area contributed by atoms with Gasteiger partial charge in [-0.3, -0.25) is 14.5 Å². The maximum absolute atomic E-state index is 12.4. The van der Waals surface area contributed by atoms with Crippen molar-refractivity contribution in [1.82, 2.24) is 20.0 Å². The average molecular weight is 282 g/mol. The molecule has 6 nitrogen and oxygen atoms in total. The standard InChI is InChI=1S/C14H26N4O2/c1-16(2)5-6-17-7-9-18(10-8-17)14(20)12-3-4-13(19)15-11-12/h12H,3-11H2,1-2H3,(H,15,19). The van der Waals surface area contributed by atoms with Crippen LogP contribution in [0.5, 0.6) is 0 Å². The van der Waals surface area contributed by atoms with Crippen LogP contribution in [-0.2, 0) is 9.59 Å². The van der Waals surface area contributed by atoms with Crippen LogP contribution in [0.15, 0.2) is 0 Å². The Labute approximate surface area is 121 Å². The molecule has 2 heterocycles. The largest absolute Gasteiger partial charge is 0.355 e. The molecule has 1 N–H and O–H groups in total. The molecule has 0 radical (unpaired) electrons. The van der Waals surface area contributed by atoms with E-state index in [0.717, 1.165) is 39.3 Å². The molecule has 2 aliphatic rings. The summed E-state index contributed by atoms with van der Waals surface area (Å²) in [5.41, 5.74) is 0. The van der Waals surface area contributed by atoms with E-state index < -0.39 is 0 Å². The molecule has 0 saturated carbocycles. The molecule has 0 aliphatic carbocycles. The van der Waals surface area contributed by atoms with E-state index in [2.05, 4.69) is 29.2 Å². The van der Waals surface area contributed by atoms with E-state index in [1.165, 1.54) is 0 Å². The fourth-order valence-corrected chi connectivity index (χ4v) is 2.74. The van der Waals surface area contributed by atoms with Gasteiger partial charge in [-0.1, -0.05) is 0 Å². The molecule has 1 unspecified atom stereocenters. The van der Waals surface area contributed by atoms with E-state index in [1.807, 2.05) is 4.90 Å². The molecule has 0 aromatic rings. The quantitative estimate of drug-likeness (QED) is 0.735. The summed E-state index contributed by atoms with van der Waals surface area (Å²) in [6.07, 6.45) is 1.19. The number of likely N-dealkylation sites (N-methyl/N-ethyl adjacent to an activating group) is 1. The summed E-state index contributed by atoms with van der Waals surface area (Å²) in [7, 11) is 4.16. The highest BCUT2D eigenvalue weighted by Crippen LogP contribution is 2.15. The SMILES string of the molecule is CN(C)CCN1CCN(C(=O)C2CCC(=O)NC2)CC1. The second kappa shape index (κ2) is 7.04. The highest BCUT2D eigenvalue weighted by Gasteiger charge is 2.30. The van der Waals surface area contributed by atoms with Gasteiger partial charge in [0.25, 0.3) is 0 Å². The molecule has 0 aromatic carbocycles. The number of amides is 2. The Kier molecular flexibility index (Phi) is 5.37. The van der Waals surface area contributed by atoms with Crippen molar-refractivity contribution in [3.8, 4) is 0 Å². The minimum Gasteiger partial charge on any atom is -0.355 e. The average Bonchev–Trinajstić information content (AvgIpc) is 2.46. The van der Waals surface area contributed by atoms with Gasteiger partial charge in [0.2, 0.25) is 11.8 Å². The van der Waals surface area contributed by atoms with Crippen molar-refractivity contribution in [3.05, 3.63) is 0 Å². The van der Waals surface area contributed by atoms with Crippen molar-refractivity contribution in [3.63, 3.8) is 0 Å². The second-order valence-electron chi connectivity index (χ2n) is 6.01. The predicted octanol–water partition coefficient (Wildman–Crippen LogP) is -0.782.